The molecule has 0 spiro atoms. The quantitative estimate of drug-likeness (QED) is 0.0695. The fraction of sp³-hybridized carbons (Fsp3) is 0.0882. The van der Waals surface area contributed by atoms with Crippen molar-refractivity contribution in [2.45, 2.75) is 50.7 Å². The Bertz CT molecular complexity index is 7980. The highest BCUT2D eigenvalue weighted by molar-refractivity contribution is 7.17. The van der Waals surface area contributed by atoms with Crippen LogP contribution in [0.1, 0.15) is 41.6 Å². The molecule has 13 aromatic heterocycles. The Kier molecular flexibility index (Phi) is 25.9. The first-order valence-electron chi connectivity index (χ1n) is 41.2. The van der Waals surface area contributed by atoms with Crippen molar-refractivity contribution in [3.63, 3.8) is 0 Å². The number of piperidine rings is 1. The summed E-state index contributed by atoms with van der Waals surface area (Å²) in [5.74, 6) is -3.34. The molecule has 2 fully saturated rings. The van der Waals surface area contributed by atoms with E-state index >= 15 is 0 Å². The predicted molar refractivity (Wildman–Crippen MR) is 510 cm³/mol. The number of nitrogens with one attached hydrogen (secondary N) is 1. The second-order valence-corrected chi connectivity index (χ2v) is 34.5. The fourth-order valence-electron chi connectivity index (χ4n) is 16.4. The summed E-state index contributed by atoms with van der Waals surface area (Å²) in [4.78, 5) is 61.4. The molecule has 0 aliphatic carbocycles. The first kappa shape index (κ1) is 88.8. The Hall–Kier alpha value is -14.8. The zero-order chi connectivity index (χ0) is 92.2. The topological polar surface area (TPSA) is 183 Å². The zero-order valence-corrected chi connectivity index (χ0v) is 74.5. The van der Waals surface area contributed by atoms with E-state index in [1.165, 1.54) is 85.2 Å². The number of carbonyl (C=O) groups is 1. The van der Waals surface area contributed by atoms with Gasteiger partial charge in [0, 0.05) is 156 Å². The Morgan fingerprint density at radius 3 is 1.29 bits per heavy atom. The average molecular weight is 1880 g/mol. The van der Waals surface area contributed by atoms with Gasteiger partial charge in [0.25, 0.3) is 17.5 Å². The number of pyridine rings is 8. The van der Waals surface area contributed by atoms with Gasteiger partial charge in [-0.3, -0.25) is 29.7 Å². The third-order valence-electron chi connectivity index (χ3n) is 23.0. The molecule has 18 nitrogen and oxygen atoms in total. The van der Waals surface area contributed by atoms with Crippen molar-refractivity contribution in [3.05, 3.63) is 386 Å². The van der Waals surface area contributed by atoms with Crippen molar-refractivity contribution in [2.75, 3.05) is 7.05 Å². The van der Waals surface area contributed by atoms with Gasteiger partial charge < -0.3 is 19.9 Å². The average Bonchev–Trinajstić information content (AvgIpc) is 1.66. The molecule has 31 heteroatoms. The van der Waals surface area contributed by atoms with Crippen molar-refractivity contribution in [2.24, 2.45) is 0 Å². The Morgan fingerprint density at radius 1 is 0.414 bits per heavy atom. The van der Waals surface area contributed by atoms with Crippen LogP contribution in [0, 0.1) is 60.8 Å². The van der Waals surface area contributed by atoms with Crippen LogP contribution in [-0.2, 0) is 0 Å². The van der Waals surface area contributed by atoms with E-state index in [1.807, 2.05) is 109 Å². The van der Waals surface area contributed by atoms with Gasteiger partial charge in [-0.2, -0.15) is 5.10 Å². The lowest BCUT2D eigenvalue weighted by molar-refractivity contribution is 0.0884. The van der Waals surface area contributed by atoms with Crippen molar-refractivity contribution in [1.82, 2.24) is 73.5 Å². The van der Waals surface area contributed by atoms with Crippen LogP contribution in [0.25, 0.3) is 159 Å². The molecule has 20 aromatic rings. The number of imidazole rings is 2. The number of carbonyl (C=O) groups excluding carboxylic acids is 1. The maximum Gasteiger partial charge on any atom is 0.255 e. The number of halogens is 11. The number of aromatic nitrogens is 13. The SMILES string of the molecule is Cc1cc(-c2ncccc2-c2ccn3ncc(C(=O)NC4CC5CCC(C4)N5C)c3c2)ccc1F.Fc1cc(F)c(-c2ncccc2-c2ccc3ncsc3c2)cc1Cl.Fc1ccc(Cl)cc1-c1ncccc1-c1ccc2ncsc2c1.[C-]#[N+]c1cnc2ccc(-c3cccnc3-c3cc(Cl)c(F)cc3F)cn12.[C-]#[N+]c1cnc2ccc(-c3cccnc3-c3cc(Cl)ccc3F)cn12. The molecule has 2 saturated heterocycles. The molecule has 133 heavy (non-hydrogen) atoms. The van der Waals surface area contributed by atoms with E-state index in [2.05, 4.69) is 83.0 Å². The first-order valence-corrected chi connectivity index (χ1v) is 44.5. The minimum absolute atomic E-state index is 0.0772. The normalized spacial score (nSPS) is 13.8. The van der Waals surface area contributed by atoms with Gasteiger partial charge in [-0.25, -0.2) is 64.0 Å². The molecule has 2 bridgehead atoms. The monoisotopic (exact) mass is 1880 g/mol. The summed E-state index contributed by atoms with van der Waals surface area (Å²) in [5.41, 5.74) is 21.3. The molecule has 1 N–H and O–H groups in total. The molecule has 2 aliphatic heterocycles. The van der Waals surface area contributed by atoms with Crippen LogP contribution in [0.2, 0.25) is 20.1 Å². The van der Waals surface area contributed by atoms with E-state index in [9.17, 15) is 35.5 Å². The molecular weight excluding hydrogens is 1820 g/mol. The smallest absolute Gasteiger partial charge is 0.255 e. The molecule has 0 radical (unpaired) electrons. The molecule has 0 saturated carbocycles. The maximum absolute atomic E-state index is 14.3. The highest BCUT2D eigenvalue weighted by atomic mass is 35.5. The van der Waals surface area contributed by atoms with Crippen LogP contribution in [0.5, 0.6) is 0 Å². The number of hydrogen-bond donors (Lipinski definition) is 1. The lowest BCUT2D eigenvalue weighted by Gasteiger charge is -2.36. The lowest BCUT2D eigenvalue weighted by atomic mass is 9.97. The minimum atomic E-state index is -0.827. The lowest BCUT2D eigenvalue weighted by Crippen LogP contribution is -2.48. The van der Waals surface area contributed by atoms with Crippen LogP contribution < -0.4 is 5.32 Å². The molecule has 2 unspecified atom stereocenters. The largest absolute Gasteiger partial charge is 0.362 e. The third kappa shape index (κ3) is 18.7. The van der Waals surface area contributed by atoms with Gasteiger partial charge in [-0.15, -0.1) is 22.7 Å². The number of hydrogen-bond acceptors (Lipinski definition) is 14. The van der Waals surface area contributed by atoms with E-state index < -0.39 is 29.1 Å². The molecule has 1 amide bonds. The molecule has 2 atom stereocenters. The van der Waals surface area contributed by atoms with Crippen LogP contribution in [-0.4, -0.2) is 99.3 Å². The third-order valence-corrected chi connectivity index (χ3v) is 25.6. The van der Waals surface area contributed by atoms with E-state index in [-0.39, 0.29) is 44.8 Å². The molecule has 22 rings (SSSR count). The van der Waals surface area contributed by atoms with Crippen molar-refractivity contribution in [1.29, 1.82) is 0 Å². The van der Waals surface area contributed by atoms with Crippen LogP contribution in [0.15, 0.2) is 292 Å². The number of fused-ring (bicyclic) bond motifs is 7. The molecule has 2 aliphatic rings. The standard InChI is InChI=1S/C28H28FN5O.C19H9ClF2N4.C19H10ClFN4.C18H9ClF2N2S.C18H10ClFN2S/c1-17-12-19(5-8-25(17)29)27-23(4-3-10-30-27)18-9-11-34-26(13-18)24(16-31-34)28(35)32-20-14-21-6-7-22(15-20)33(21)2;1-23-18-9-25-17-5-4-11(10-26(17)18)12-3-2-6-24-19(12)13-7-14(20)16(22)8-15(13)21;1-22-18-10-24-17-7-4-12(11-25(17)18)14-3-2-8-23-19(14)15-9-13(20)5-6-16(15)21;19-13-7-12(14(20)8-15(13)21)18-11(2-1-5-22-18)10-3-4-16-17(6-10)24-9-23-16;19-12-4-5-15(20)14(9-12)18-13(2-1-7-21-18)11-3-6-16-17(8-11)23-10-22-16/h3-5,8-13,16,20-22H,6-7,14-15H2,1-2H3,(H,32,35);2-10H;2-11H;1-9H;1-10H. The summed E-state index contributed by atoms with van der Waals surface area (Å²) in [6.45, 7) is 16.2. The van der Waals surface area contributed by atoms with E-state index in [0.717, 1.165) is 107 Å². The Morgan fingerprint density at radius 2 is 0.827 bits per heavy atom. The van der Waals surface area contributed by atoms with E-state index in [1.54, 1.807) is 135 Å². The maximum atomic E-state index is 14.3. The highest BCUT2D eigenvalue weighted by Gasteiger charge is 2.39. The van der Waals surface area contributed by atoms with E-state index in [0.29, 0.717) is 101 Å². The summed E-state index contributed by atoms with van der Waals surface area (Å²) in [5, 5.41) is 8.29. The summed E-state index contributed by atoms with van der Waals surface area (Å²) in [6, 6.07) is 60.7. The van der Waals surface area contributed by atoms with Gasteiger partial charge in [-0.1, -0.05) is 102 Å². The number of aryl methyl sites for hydroxylation is 1. The first-order chi connectivity index (χ1) is 64.6. The summed E-state index contributed by atoms with van der Waals surface area (Å²) in [7, 11) is 2.20. The highest BCUT2D eigenvalue weighted by Crippen LogP contribution is 2.43. The minimum Gasteiger partial charge on any atom is -0.362 e. The van der Waals surface area contributed by atoms with Crippen molar-refractivity contribution < 1.29 is 35.5 Å². The van der Waals surface area contributed by atoms with Gasteiger partial charge in [0.2, 0.25) is 11.3 Å². The number of amides is 1. The zero-order valence-electron chi connectivity index (χ0n) is 69.8. The van der Waals surface area contributed by atoms with Gasteiger partial charge >= 0.3 is 0 Å². The van der Waals surface area contributed by atoms with Gasteiger partial charge in [0.05, 0.1) is 112 Å². The molecule has 7 aromatic carbocycles. The van der Waals surface area contributed by atoms with Gasteiger partial charge in [-0.05, 0) is 208 Å². The number of rotatable bonds is 12. The molecule has 654 valence electrons. The van der Waals surface area contributed by atoms with Crippen LogP contribution >= 0.6 is 69.1 Å². The predicted octanol–water partition coefficient (Wildman–Crippen LogP) is 27.6. The van der Waals surface area contributed by atoms with Crippen LogP contribution in [0.4, 0.5) is 42.4 Å². The summed E-state index contributed by atoms with van der Waals surface area (Å²) in [6.07, 6.45) is 22.6. The van der Waals surface area contributed by atoms with Crippen molar-refractivity contribution >= 4 is 124 Å². The summed E-state index contributed by atoms with van der Waals surface area (Å²) < 4.78 is 105. The van der Waals surface area contributed by atoms with Crippen LogP contribution in [0.3, 0.4) is 0 Å². The summed E-state index contributed by atoms with van der Waals surface area (Å²) >= 11 is 26.8. The fourth-order valence-corrected chi connectivity index (χ4v) is 18.5. The van der Waals surface area contributed by atoms with Gasteiger partial charge in [0.1, 0.15) is 40.7 Å². The Balaban J connectivity index is 0.000000112. The van der Waals surface area contributed by atoms with Crippen molar-refractivity contribution in [3.8, 4) is 112 Å². The number of thiazole rings is 2. The second kappa shape index (κ2) is 38.7. The van der Waals surface area contributed by atoms with Gasteiger partial charge in [0.15, 0.2) is 0 Å². The van der Waals surface area contributed by atoms with E-state index in [4.69, 9.17) is 59.5 Å². The number of nitrogens with zero attached hydrogens (tertiary/aromatic N) is 16. The number of benzene rings is 7. The Labute approximate surface area is 783 Å². The second-order valence-electron chi connectivity index (χ2n) is 31.0. The molecule has 15 heterocycles. The molecular formula is C102H66Cl4F7N17OS2.